The van der Waals surface area contributed by atoms with Crippen LogP contribution in [0, 0.1) is 12.3 Å². The van der Waals surface area contributed by atoms with E-state index in [0.717, 1.165) is 12.7 Å². The molecule has 3 N–H and O–H groups in total. The highest BCUT2D eigenvalue weighted by molar-refractivity contribution is 5.52. The summed E-state index contributed by atoms with van der Waals surface area (Å²) < 4.78 is 22.0. The fourth-order valence-electron chi connectivity index (χ4n) is 4.19. The number of aliphatic hydroxyl groups is 3. The SMILES string of the molecule is CC[C@H]1O[C@@H]2O[C@H](/C=C/C=C/C=C/c3oc(=O)cc(OC)c3C)[C@H](O)[C@]2(C)[C@]1(C)O.CO. The number of ether oxygens (including phenoxy) is 3. The van der Waals surface area contributed by atoms with Crippen molar-refractivity contribution in [3.8, 4) is 5.75 Å². The Hall–Kier alpha value is -2.23. The van der Waals surface area contributed by atoms with E-state index in [-0.39, 0.29) is 6.10 Å². The summed E-state index contributed by atoms with van der Waals surface area (Å²) in [5.74, 6) is 0.901. The minimum atomic E-state index is -1.19. The Balaban J connectivity index is 0.00000176. The van der Waals surface area contributed by atoms with Gasteiger partial charge in [0.2, 0.25) is 0 Å². The van der Waals surface area contributed by atoms with Crippen LogP contribution in [0.2, 0.25) is 0 Å². The van der Waals surface area contributed by atoms with E-state index in [4.69, 9.17) is 23.7 Å². The zero-order chi connectivity index (χ0) is 24.1. The fraction of sp³-hybridized carbons (Fsp3) is 0.542. The van der Waals surface area contributed by atoms with E-state index in [2.05, 4.69) is 0 Å². The summed E-state index contributed by atoms with van der Waals surface area (Å²) in [4.78, 5) is 11.6. The van der Waals surface area contributed by atoms with E-state index in [0.29, 0.717) is 17.9 Å². The van der Waals surface area contributed by atoms with Crippen LogP contribution >= 0.6 is 0 Å². The lowest BCUT2D eigenvalue weighted by Gasteiger charge is -2.38. The standard InChI is InChI=1S/C23H30O7.CH4O/c1-6-18-23(4,26)22(3)20(25)16(29-21(22)30-18)12-10-8-7-9-11-15-14(2)17(27-5)13-19(24)28-15;1-2/h7-13,16,18,20-21,25-26H,6H2,1-5H3;2H,1H3/b8-7+,11-9+,12-10+;/t16-,18-,20+,21+,22+,23-;/m1./s1. The van der Waals surface area contributed by atoms with Crippen molar-refractivity contribution in [3.05, 3.63) is 58.2 Å². The monoisotopic (exact) mass is 450 g/mol. The van der Waals surface area contributed by atoms with Gasteiger partial charge in [-0.2, -0.15) is 0 Å². The Bertz CT molecular complexity index is 913. The van der Waals surface area contributed by atoms with Crippen LogP contribution in [0.25, 0.3) is 6.08 Å². The Morgan fingerprint density at radius 3 is 2.41 bits per heavy atom. The van der Waals surface area contributed by atoms with Gasteiger partial charge in [0.15, 0.2) is 6.29 Å². The van der Waals surface area contributed by atoms with Crippen LogP contribution < -0.4 is 10.4 Å². The molecule has 3 rings (SSSR count). The molecule has 8 nitrogen and oxygen atoms in total. The highest BCUT2D eigenvalue weighted by Gasteiger charge is 2.69. The number of methoxy groups -OCH3 is 1. The maximum atomic E-state index is 11.6. The Labute approximate surface area is 188 Å². The van der Waals surface area contributed by atoms with E-state index in [1.165, 1.54) is 13.2 Å². The molecule has 2 fully saturated rings. The van der Waals surface area contributed by atoms with E-state index >= 15 is 0 Å². The van der Waals surface area contributed by atoms with Gasteiger partial charge in [0.25, 0.3) is 0 Å². The predicted molar refractivity (Wildman–Crippen MR) is 120 cm³/mol. The van der Waals surface area contributed by atoms with Crippen molar-refractivity contribution in [1.29, 1.82) is 0 Å². The van der Waals surface area contributed by atoms with Crippen molar-refractivity contribution in [1.82, 2.24) is 0 Å². The maximum Gasteiger partial charge on any atom is 0.339 e. The second-order valence-corrected chi connectivity index (χ2v) is 8.09. The highest BCUT2D eigenvalue weighted by Crippen LogP contribution is 2.55. The average Bonchev–Trinajstić information content (AvgIpc) is 3.14. The molecule has 1 aromatic rings. The van der Waals surface area contributed by atoms with Gasteiger partial charge in [-0.25, -0.2) is 4.79 Å². The van der Waals surface area contributed by atoms with Gasteiger partial charge in [-0.15, -0.1) is 0 Å². The molecule has 2 aliphatic rings. The van der Waals surface area contributed by atoms with E-state index in [9.17, 15) is 15.0 Å². The first-order valence-electron chi connectivity index (χ1n) is 10.5. The van der Waals surface area contributed by atoms with Crippen LogP contribution in [0.5, 0.6) is 5.75 Å². The second-order valence-electron chi connectivity index (χ2n) is 8.09. The van der Waals surface area contributed by atoms with Crippen LogP contribution in [-0.2, 0) is 9.47 Å². The molecule has 0 saturated carbocycles. The first-order chi connectivity index (χ1) is 15.2. The predicted octanol–water partition coefficient (Wildman–Crippen LogP) is 2.34. The summed E-state index contributed by atoms with van der Waals surface area (Å²) in [6.07, 6.45) is 8.53. The van der Waals surface area contributed by atoms with Crippen molar-refractivity contribution in [2.24, 2.45) is 5.41 Å². The molecule has 0 bridgehead atoms. The van der Waals surface area contributed by atoms with Crippen LogP contribution in [0.15, 0.2) is 45.7 Å². The van der Waals surface area contributed by atoms with Crippen molar-refractivity contribution < 1.29 is 33.9 Å². The maximum absolute atomic E-state index is 11.6. The molecule has 0 unspecified atom stereocenters. The second kappa shape index (κ2) is 10.6. The van der Waals surface area contributed by atoms with Gasteiger partial charge in [-0.3, -0.25) is 0 Å². The molecule has 6 atom stereocenters. The van der Waals surface area contributed by atoms with E-state index in [1.807, 2.05) is 6.92 Å². The van der Waals surface area contributed by atoms with Gasteiger partial charge in [0.05, 0.1) is 30.8 Å². The summed E-state index contributed by atoms with van der Waals surface area (Å²) in [6, 6.07) is 1.30. The molecule has 0 aromatic carbocycles. The third-order valence-electron chi connectivity index (χ3n) is 6.37. The van der Waals surface area contributed by atoms with Gasteiger partial charge in [0, 0.05) is 12.7 Å². The third kappa shape index (κ3) is 4.60. The minimum Gasteiger partial charge on any atom is -0.496 e. The smallest absolute Gasteiger partial charge is 0.339 e. The Kier molecular flexibility index (Phi) is 8.61. The van der Waals surface area contributed by atoms with Crippen molar-refractivity contribution in [3.63, 3.8) is 0 Å². The normalized spacial score (nSPS) is 34.3. The van der Waals surface area contributed by atoms with Crippen molar-refractivity contribution >= 4 is 6.08 Å². The molecule has 2 saturated heterocycles. The van der Waals surface area contributed by atoms with Crippen molar-refractivity contribution in [2.45, 2.75) is 64.3 Å². The molecule has 3 heterocycles. The molecule has 32 heavy (non-hydrogen) atoms. The topological polar surface area (TPSA) is 119 Å². The molecule has 0 aliphatic carbocycles. The summed E-state index contributed by atoms with van der Waals surface area (Å²) >= 11 is 0. The van der Waals surface area contributed by atoms with E-state index in [1.54, 1.807) is 57.2 Å². The van der Waals surface area contributed by atoms with Crippen LogP contribution in [0.4, 0.5) is 0 Å². The number of hydrogen-bond donors (Lipinski definition) is 3. The van der Waals surface area contributed by atoms with Gasteiger partial charge >= 0.3 is 5.63 Å². The summed E-state index contributed by atoms with van der Waals surface area (Å²) in [7, 11) is 2.50. The summed E-state index contributed by atoms with van der Waals surface area (Å²) in [6.45, 7) is 7.24. The molecular weight excluding hydrogens is 416 g/mol. The Morgan fingerprint density at radius 1 is 1.16 bits per heavy atom. The number of rotatable bonds is 6. The quantitative estimate of drug-likeness (QED) is 0.565. The first kappa shape index (κ1) is 26.0. The van der Waals surface area contributed by atoms with Crippen LogP contribution in [0.3, 0.4) is 0 Å². The highest BCUT2D eigenvalue weighted by atomic mass is 16.7. The number of aliphatic hydroxyl groups excluding tert-OH is 2. The van der Waals surface area contributed by atoms with Gasteiger partial charge in [-0.05, 0) is 33.3 Å². The van der Waals surface area contributed by atoms with E-state index < -0.39 is 35.1 Å². The summed E-state index contributed by atoms with van der Waals surface area (Å²) in [5.41, 5.74) is -1.84. The molecule has 2 aliphatic heterocycles. The number of hydrogen-bond acceptors (Lipinski definition) is 8. The zero-order valence-corrected chi connectivity index (χ0v) is 19.4. The number of allylic oxidation sites excluding steroid dienone is 4. The molecule has 178 valence electrons. The van der Waals surface area contributed by atoms with Gasteiger partial charge in [0.1, 0.15) is 23.2 Å². The van der Waals surface area contributed by atoms with Gasteiger partial charge < -0.3 is 33.9 Å². The van der Waals surface area contributed by atoms with Crippen molar-refractivity contribution in [2.75, 3.05) is 14.2 Å². The largest absolute Gasteiger partial charge is 0.496 e. The minimum absolute atomic E-state index is 0.378. The molecule has 0 radical (unpaired) electrons. The fourth-order valence-corrected chi connectivity index (χ4v) is 4.19. The molecule has 1 aromatic heterocycles. The summed E-state index contributed by atoms with van der Waals surface area (Å²) in [5, 5.41) is 28.8. The molecular formula is C24H34O8. The average molecular weight is 451 g/mol. The molecule has 8 heteroatoms. The van der Waals surface area contributed by atoms with Crippen LogP contribution in [-0.4, -0.2) is 59.7 Å². The number of fused-ring (bicyclic) bond motifs is 1. The van der Waals surface area contributed by atoms with Crippen LogP contribution in [0.1, 0.15) is 38.5 Å². The lowest BCUT2D eigenvalue weighted by Crippen LogP contribution is -2.54. The Morgan fingerprint density at radius 2 is 1.81 bits per heavy atom. The third-order valence-corrected chi connectivity index (χ3v) is 6.37. The molecule has 0 spiro atoms. The lowest BCUT2D eigenvalue weighted by atomic mass is 9.69. The first-order valence-corrected chi connectivity index (χ1v) is 10.5. The molecule has 0 amide bonds. The van der Waals surface area contributed by atoms with Gasteiger partial charge in [-0.1, -0.05) is 37.3 Å². The lowest BCUT2D eigenvalue weighted by molar-refractivity contribution is -0.144. The zero-order valence-electron chi connectivity index (χ0n) is 19.4.